The van der Waals surface area contributed by atoms with Crippen molar-refractivity contribution in [3.63, 3.8) is 0 Å². The highest BCUT2D eigenvalue weighted by atomic mass is 35.5. The van der Waals surface area contributed by atoms with Gasteiger partial charge in [-0.25, -0.2) is 0 Å². The lowest BCUT2D eigenvalue weighted by Gasteiger charge is -2.11. The number of phenols is 1. The first-order chi connectivity index (χ1) is 14.0. The SMILES string of the molecule is N#C/C(=C\c1cc(Cl)ccc1OCc1ccccc1)C(=O)Nc1ccc(O)cc1. The molecule has 0 aliphatic heterocycles. The van der Waals surface area contributed by atoms with Crippen LogP contribution in [0.15, 0.2) is 78.4 Å². The molecule has 0 aliphatic carbocycles. The molecular formula is C23H17ClN2O3. The van der Waals surface area contributed by atoms with Crippen molar-refractivity contribution in [2.75, 3.05) is 5.32 Å². The summed E-state index contributed by atoms with van der Waals surface area (Å²) in [4.78, 5) is 12.5. The fraction of sp³-hybridized carbons (Fsp3) is 0.0435. The average Bonchev–Trinajstić information content (AvgIpc) is 2.73. The van der Waals surface area contributed by atoms with Crippen molar-refractivity contribution in [2.24, 2.45) is 0 Å². The van der Waals surface area contributed by atoms with Crippen LogP contribution in [0.25, 0.3) is 6.08 Å². The third-order valence-corrected chi connectivity index (χ3v) is 4.23. The number of nitrogens with zero attached hydrogens (tertiary/aromatic N) is 1. The predicted octanol–water partition coefficient (Wildman–Crippen LogP) is 5.17. The predicted molar refractivity (Wildman–Crippen MR) is 113 cm³/mol. The minimum atomic E-state index is -0.577. The van der Waals surface area contributed by atoms with E-state index in [9.17, 15) is 15.2 Å². The van der Waals surface area contributed by atoms with Gasteiger partial charge in [-0.1, -0.05) is 41.9 Å². The Labute approximate surface area is 173 Å². The lowest BCUT2D eigenvalue weighted by Crippen LogP contribution is -2.13. The van der Waals surface area contributed by atoms with Gasteiger partial charge in [-0.3, -0.25) is 4.79 Å². The zero-order valence-electron chi connectivity index (χ0n) is 15.3. The van der Waals surface area contributed by atoms with Crippen LogP contribution in [0.3, 0.4) is 0 Å². The number of carbonyl (C=O) groups is 1. The van der Waals surface area contributed by atoms with Gasteiger partial charge in [0.25, 0.3) is 5.91 Å². The number of hydrogen-bond acceptors (Lipinski definition) is 4. The Morgan fingerprint density at radius 3 is 2.52 bits per heavy atom. The molecule has 0 fully saturated rings. The second-order valence-corrected chi connectivity index (χ2v) is 6.56. The van der Waals surface area contributed by atoms with E-state index in [1.807, 2.05) is 36.4 Å². The highest BCUT2D eigenvalue weighted by molar-refractivity contribution is 6.30. The molecule has 0 heterocycles. The molecule has 0 radical (unpaired) electrons. The van der Waals surface area contributed by atoms with Crippen LogP contribution in [0.2, 0.25) is 5.02 Å². The second-order valence-electron chi connectivity index (χ2n) is 6.13. The third-order valence-electron chi connectivity index (χ3n) is 4.00. The Balaban J connectivity index is 1.82. The van der Waals surface area contributed by atoms with Gasteiger partial charge in [0, 0.05) is 16.3 Å². The number of amides is 1. The molecule has 0 atom stereocenters. The van der Waals surface area contributed by atoms with Crippen LogP contribution < -0.4 is 10.1 Å². The number of carbonyl (C=O) groups excluding carboxylic acids is 1. The first-order valence-electron chi connectivity index (χ1n) is 8.73. The number of anilines is 1. The Hall–Kier alpha value is -3.75. The molecule has 2 N–H and O–H groups in total. The molecule has 6 heteroatoms. The maximum absolute atomic E-state index is 12.5. The van der Waals surface area contributed by atoms with Crippen molar-refractivity contribution in [1.82, 2.24) is 0 Å². The van der Waals surface area contributed by atoms with Gasteiger partial charge < -0.3 is 15.2 Å². The number of nitrogens with one attached hydrogen (secondary N) is 1. The molecule has 0 spiro atoms. The number of ether oxygens (including phenoxy) is 1. The number of benzene rings is 3. The molecule has 0 aliphatic rings. The molecule has 29 heavy (non-hydrogen) atoms. The first kappa shape index (κ1) is 20.0. The van der Waals surface area contributed by atoms with Crippen molar-refractivity contribution in [2.45, 2.75) is 6.61 Å². The Bertz CT molecular complexity index is 1070. The fourth-order valence-corrected chi connectivity index (χ4v) is 2.73. The van der Waals surface area contributed by atoms with Crippen molar-refractivity contribution in [3.8, 4) is 17.6 Å². The van der Waals surface area contributed by atoms with Gasteiger partial charge >= 0.3 is 0 Å². The summed E-state index contributed by atoms with van der Waals surface area (Å²) in [5, 5.41) is 21.9. The van der Waals surface area contributed by atoms with Crippen LogP contribution in [-0.4, -0.2) is 11.0 Å². The van der Waals surface area contributed by atoms with Crippen molar-refractivity contribution in [1.29, 1.82) is 5.26 Å². The van der Waals surface area contributed by atoms with Crippen molar-refractivity contribution in [3.05, 3.63) is 94.5 Å². The van der Waals surface area contributed by atoms with E-state index in [4.69, 9.17) is 16.3 Å². The molecule has 1 amide bonds. The van der Waals surface area contributed by atoms with Crippen molar-refractivity contribution < 1.29 is 14.6 Å². The highest BCUT2D eigenvalue weighted by Gasteiger charge is 2.12. The summed E-state index contributed by atoms with van der Waals surface area (Å²) < 4.78 is 5.86. The van der Waals surface area contributed by atoms with Gasteiger partial charge in [-0.05, 0) is 54.1 Å². The van der Waals surface area contributed by atoms with E-state index in [0.717, 1.165) is 5.56 Å². The van der Waals surface area contributed by atoms with Gasteiger partial charge in [0.05, 0.1) is 0 Å². The number of hydrogen-bond donors (Lipinski definition) is 2. The third kappa shape index (κ3) is 5.61. The zero-order valence-corrected chi connectivity index (χ0v) is 16.1. The summed E-state index contributed by atoms with van der Waals surface area (Å²) in [7, 11) is 0. The summed E-state index contributed by atoms with van der Waals surface area (Å²) in [6, 6.07) is 22.5. The summed E-state index contributed by atoms with van der Waals surface area (Å²) in [6.45, 7) is 0.338. The smallest absolute Gasteiger partial charge is 0.266 e. The molecule has 5 nitrogen and oxygen atoms in total. The van der Waals surface area contributed by atoms with E-state index in [1.165, 1.54) is 30.3 Å². The lowest BCUT2D eigenvalue weighted by atomic mass is 10.1. The van der Waals surface area contributed by atoms with E-state index >= 15 is 0 Å². The Morgan fingerprint density at radius 2 is 1.83 bits per heavy atom. The maximum Gasteiger partial charge on any atom is 0.266 e. The number of rotatable bonds is 6. The summed E-state index contributed by atoms with van der Waals surface area (Å²) in [5.74, 6) is 0.00814. The van der Waals surface area contributed by atoms with Crippen LogP contribution in [-0.2, 0) is 11.4 Å². The van der Waals surface area contributed by atoms with E-state index in [-0.39, 0.29) is 11.3 Å². The Kier molecular flexibility index (Phi) is 6.51. The largest absolute Gasteiger partial charge is 0.508 e. The van der Waals surface area contributed by atoms with Crippen LogP contribution in [0.4, 0.5) is 5.69 Å². The van der Waals surface area contributed by atoms with Gasteiger partial charge in [0.1, 0.15) is 29.7 Å². The molecule has 0 saturated heterocycles. The van der Waals surface area contributed by atoms with Crippen LogP contribution in [0.1, 0.15) is 11.1 Å². The maximum atomic E-state index is 12.5. The molecule has 0 saturated carbocycles. The van der Waals surface area contributed by atoms with E-state index in [1.54, 1.807) is 18.2 Å². The molecular weight excluding hydrogens is 388 g/mol. The second kappa shape index (κ2) is 9.45. The minimum Gasteiger partial charge on any atom is -0.508 e. The normalized spacial score (nSPS) is 10.8. The standard InChI is InChI=1S/C23H17ClN2O3/c24-19-6-11-22(29-15-16-4-2-1-3-5-16)17(13-19)12-18(14-25)23(28)26-20-7-9-21(27)10-8-20/h1-13,27H,15H2,(H,26,28)/b18-12+. The minimum absolute atomic E-state index is 0.0816. The van der Waals surface area contributed by atoms with E-state index < -0.39 is 5.91 Å². The molecule has 3 aromatic carbocycles. The molecule has 3 aromatic rings. The molecule has 3 rings (SSSR count). The average molecular weight is 405 g/mol. The molecule has 0 unspecified atom stereocenters. The summed E-state index contributed by atoms with van der Waals surface area (Å²) in [6.07, 6.45) is 1.43. The first-order valence-corrected chi connectivity index (χ1v) is 9.11. The monoisotopic (exact) mass is 404 g/mol. The molecule has 0 bridgehead atoms. The summed E-state index contributed by atoms with van der Waals surface area (Å²) >= 11 is 6.09. The van der Waals surface area contributed by atoms with Crippen LogP contribution >= 0.6 is 11.6 Å². The number of aromatic hydroxyl groups is 1. The zero-order chi connectivity index (χ0) is 20.6. The van der Waals surface area contributed by atoms with Gasteiger partial charge in [0.2, 0.25) is 0 Å². The van der Waals surface area contributed by atoms with Gasteiger partial charge in [-0.15, -0.1) is 0 Å². The Morgan fingerprint density at radius 1 is 1.10 bits per heavy atom. The summed E-state index contributed by atoms with van der Waals surface area (Å²) in [5.41, 5.74) is 1.86. The topological polar surface area (TPSA) is 82.3 Å². The molecule has 144 valence electrons. The lowest BCUT2D eigenvalue weighted by molar-refractivity contribution is -0.112. The van der Waals surface area contributed by atoms with Crippen LogP contribution in [0.5, 0.6) is 11.5 Å². The number of phenolic OH excluding ortho intramolecular Hbond substituents is 1. The quantitative estimate of drug-likeness (QED) is 0.337. The van der Waals surface area contributed by atoms with E-state index in [2.05, 4.69) is 5.32 Å². The number of nitriles is 1. The fourth-order valence-electron chi connectivity index (χ4n) is 2.55. The van der Waals surface area contributed by atoms with Gasteiger partial charge in [-0.2, -0.15) is 5.26 Å². The highest BCUT2D eigenvalue weighted by Crippen LogP contribution is 2.26. The molecule has 0 aromatic heterocycles. The van der Waals surface area contributed by atoms with Crippen LogP contribution in [0, 0.1) is 11.3 Å². The van der Waals surface area contributed by atoms with E-state index in [0.29, 0.717) is 28.6 Å². The van der Waals surface area contributed by atoms with Crippen molar-refractivity contribution >= 4 is 29.3 Å². The van der Waals surface area contributed by atoms with Gasteiger partial charge in [0.15, 0.2) is 0 Å². The number of halogens is 1.